The molecule has 1 aliphatic heterocycles. The lowest BCUT2D eigenvalue weighted by Gasteiger charge is -2.45. The van der Waals surface area contributed by atoms with Crippen molar-refractivity contribution in [3.8, 4) is 17.3 Å². The van der Waals surface area contributed by atoms with Crippen molar-refractivity contribution in [2.24, 2.45) is 0 Å². The number of hydrogen-bond donors (Lipinski definition) is 2. The van der Waals surface area contributed by atoms with Crippen molar-refractivity contribution in [2.75, 3.05) is 5.32 Å². The molecule has 0 radical (unpaired) electrons. The molecule has 1 fully saturated rings. The second-order valence-electron chi connectivity index (χ2n) is 10.5. The molecule has 4 rings (SSSR count). The number of hydrogen-bond acceptors (Lipinski definition) is 7. The second kappa shape index (κ2) is 10.5. The first kappa shape index (κ1) is 26.6. The van der Waals surface area contributed by atoms with Gasteiger partial charge in [-0.3, -0.25) is 9.48 Å². The predicted octanol–water partition coefficient (Wildman–Crippen LogP) is 5.68. The number of ether oxygens (including phenoxy) is 1. The molecule has 194 valence electrons. The van der Waals surface area contributed by atoms with Crippen molar-refractivity contribution in [1.82, 2.24) is 25.1 Å². The van der Waals surface area contributed by atoms with Crippen molar-refractivity contribution in [3.05, 3.63) is 53.4 Å². The molecule has 1 aliphatic rings. The molecule has 0 unspecified atom stereocenters. The van der Waals surface area contributed by atoms with Crippen LogP contribution in [0.2, 0.25) is 5.02 Å². The van der Waals surface area contributed by atoms with Gasteiger partial charge in [0.15, 0.2) is 0 Å². The quantitative estimate of drug-likeness (QED) is 0.410. The molecule has 2 aromatic heterocycles. The fourth-order valence-corrected chi connectivity index (χ4v) is 5.03. The zero-order chi connectivity index (χ0) is 26.8. The zero-order valence-corrected chi connectivity index (χ0v) is 22.5. The number of rotatable bonds is 7. The Morgan fingerprint density at radius 2 is 1.89 bits per heavy atom. The summed E-state index contributed by atoms with van der Waals surface area (Å²) in [5.41, 5.74) is 2.03. The molecule has 3 aromatic rings. The van der Waals surface area contributed by atoms with Gasteiger partial charge in [-0.05, 0) is 59.1 Å². The Balaban J connectivity index is 1.49. The minimum atomic E-state index is -0.522. The highest BCUT2D eigenvalue weighted by Crippen LogP contribution is 2.41. The highest BCUT2D eigenvalue weighted by molar-refractivity contribution is 6.32. The molecule has 1 aromatic carbocycles. The van der Waals surface area contributed by atoms with Crippen molar-refractivity contribution < 1.29 is 9.53 Å². The molecule has 1 saturated heterocycles. The first-order valence-electron chi connectivity index (χ1n) is 12.3. The van der Waals surface area contributed by atoms with E-state index in [1.165, 1.54) is 0 Å². The fraction of sp³-hybridized carbons (Fsp3) is 0.444. The molecule has 37 heavy (non-hydrogen) atoms. The van der Waals surface area contributed by atoms with Crippen LogP contribution >= 0.6 is 11.6 Å². The number of nitrogens with zero attached hydrogens (tertiary/aromatic N) is 5. The number of nitriles is 1. The number of anilines is 2. The van der Waals surface area contributed by atoms with Crippen LogP contribution in [0.3, 0.4) is 0 Å². The Morgan fingerprint density at radius 1 is 1.22 bits per heavy atom. The molecule has 2 N–H and O–H groups in total. The van der Waals surface area contributed by atoms with E-state index >= 15 is 0 Å². The van der Waals surface area contributed by atoms with Gasteiger partial charge in [-0.2, -0.15) is 10.4 Å². The molecular formula is C27H32ClN7O2. The van der Waals surface area contributed by atoms with Gasteiger partial charge in [0.1, 0.15) is 6.04 Å². The standard InChI is InChI=1S/C27H32ClN7O2/c1-6-19(13-29)32-24(36)18-9-7-17(8-10-18)23-22(28)15-30-25(34-23)33-20-14-31-35(16-20)21-11-26(2,3)37-27(4,5)12-21/h7-10,14-16,19,21H,6,11-12H2,1-5H3,(H,32,36)(H,30,33,34)/t19-/m0/s1. The summed E-state index contributed by atoms with van der Waals surface area (Å²) in [4.78, 5) is 21.3. The monoisotopic (exact) mass is 521 g/mol. The maximum atomic E-state index is 12.4. The van der Waals surface area contributed by atoms with Gasteiger partial charge in [-0.1, -0.05) is 30.7 Å². The molecule has 0 aliphatic carbocycles. The lowest BCUT2D eigenvalue weighted by atomic mass is 9.85. The topological polar surface area (TPSA) is 118 Å². The Hall–Kier alpha value is -3.48. The number of carbonyl (C=O) groups excluding carboxylic acids is 1. The molecule has 1 amide bonds. The van der Waals surface area contributed by atoms with Crippen molar-refractivity contribution in [1.29, 1.82) is 5.26 Å². The molecule has 9 nitrogen and oxygen atoms in total. The van der Waals surface area contributed by atoms with E-state index < -0.39 is 6.04 Å². The molecule has 0 bridgehead atoms. The van der Waals surface area contributed by atoms with E-state index in [-0.39, 0.29) is 23.2 Å². The normalized spacial score (nSPS) is 17.5. The van der Waals surface area contributed by atoms with Gasteiger partial charge in [0.2, 0.25) is 5.95 Å². The smallest absolute Gasteiger partial charge is 0.252 e. The van der Waals surface area contributed by atoms with E-state index in [9.17, 15) is 4.79 Å². The molecule has 0 saturated carbocycles. The summed E-state index contributed by atoms with van der Waals surface area (Å²) < 4.78 is 8.18. The van der Waals surface area contributed by atoms with E-state index in [1.807, 2.05) is 17.8 Å². The SMILES string of the molecule is CC[C@@H](C#N)NC(=O)c1ccc(-c2nc(Nc3cnn(C4CC(C)(C)OC(C)(C)C4)c3)ncc2Cl)cc1. The maximum Gasteiger partial charge on any atom is 0.252 e. The van der Waals surface area contributed by atoms with E-state index in [4.69, 9.17) is 21.6 Å². The number of amides is 1. The van der Waals surface area contributed by atoms with Crippen LogP contribution in [0.5, 0.6) is 0 Å². The third-order valence-electron chi connectivity index (χ3n) is 6.27. The summed E-state index contributed by atoms with van der Waals surface area (Å²) >= 11 is 6.41. The minimum Gasteiger partial charge on any atom is -0.370 e. The molecule has 1 atom stereocenters. The third-order valence-corrected chi connectivity index (χ3v) is 6.55. The molecule has 0 spiro atoms. The minimum absolute atomic E-state index is 0.215. The Kier molecular flexibility index (Phi) is 7.53. The van der Waals surface area contributed by atoms with E-state index in [2.05, 4.69) is 59.5 Å². The van der Waals surface area contributed by atoms with Gasteiger partial charge in [-0.15, -0.1) is 0 Å². The summed E-state index contributed by atoms with van der Waals surface area (Å²) in [7, 11) is 0. The fourth-order valence-electron chi connectivity index (χ4n) is 4.83. The molecule has 10 heteroatoms. The second-order valence-corrected chi connectivity index (χ2v) is 11.0. The van der Waals surface area contributed by atoms with Gasteiger partial charge in [0.05, 0.1) is 52.1 Å². The number of aromatic nitrogens is 4. The van der Waals surface area contributed by atoms with Crippen LogP contribution in [0.15, 0.2) is 42.9 Å². The van der Waals surface area contributed by atoms with Gasteiger partial charge in [0.25, 0.3) is 5.91 Å². The van der Waals surface area contributed by atoms with Crippen LogP contribution in [-0.2, 0) is 4.74 Å². The average molecular weight is 522 g/mol. The van der Waals surface area contributed by atoms with Crippen LogP contribution in [-0.4, -0.2) is 42.9 Å². The molecular weight excluding hydrogens is 490 g/mol. The van der Waals surface area contributed by atoms with Crippen LogP contribution in [0.4, 0.5) is 11.6 Å². The number of halogens is 1. The lowest BCUT2D eigenvalue weighted by molar-refractivity contribution is -0.170. The number of nitrogens with one attached hydrogen (secondary N) is 2. The molecule has 3 heterocycles. The lowest BCUT2D eigenvalue weighted by Crippen LogP contribution is -2.45. The summed E-state index contributed by atoms with van der Waals surface area (Å²) in [6.07, 6.45) is 7.52. The highest BCUT2D eigenvalue weighted by atomic mass is 35.5. The first-order valence-corrected chi connectivity index (χ1v) is 12.7. The predicted molar refractivity (Wildman–Crippen MR) is 143 cm³/mol. The summed E-state index contributed by atoms with van der Waals surface area (Å²) in [5.74, 6) is 0.0811. The Labute approximate surface area is 222 Å². The first-order chi connectivity index (χ1) is 17.5. The van der Waals surface area contributed by atoms with E-state index in [0.717, 1.165) is 24.1 Å². The Bertz CT molecular complexity index is 1300. The van der Waals surface area contributed by atoms with Gasteiger partial charge in [-0.25, -0.2) is 9.97 Å². The largest absolute Gasteiger partial charge is 0.370 e. The van der Waals surface area contributed by atoms with Gasteiger partial charge >= 0.3 is 0 Å². The maximum absolute atomic E-state index is 12.4. The van der Waals surface area contributed by atoms with Gasteiger partial charge in [0, 0.05) is 17.3 Å². The summed E-state index contributed by atoms with van der Waals surface area (Å²) in [5, 5.41) is 20.0. The summed E-state index contributed by atoms with van der Waals surface area (Å²) in [6, 6.07) is 8.66. The highest BCUT2D eigenvalue weighted by Gasteiger charge is 2.40. The van der Waals surface area contributed by atoms with Crippen LogP contribution < -0.4 is 10.6 Å². The zero-order valence-electron chi connectivity index (χ0n) is 21.7. The van der Waals surface area contributed by atoms with Crippen LogP contribution in [0, 0.1) is 11.3 Å². The Morgan fingerprint density at radius 3 is 2.51 bits per heavy atom. The number of carbonyl (C=O) groups is 1. The number of benzene rings is 1. The summed E-state index contributed by atoms with van der Waals surface area (Å²) in [6.45, 7) is 10.3. The third kappa shape index (κ3) is 6.45. The van der Waals surface area contributed by atoms with Crippen molar-refractivity contribution in [3.63, 3.8) is 0 Å². The van der Waals surface area contributed by atoms with Crippen LogP contribution in [0.25, 0.3) is 11.3 Å². The van der Waals surface area contributed by atoms with Crippen LogP contribution in [0.1, 0.15) is 70.3 Å². The van der Waals surface area contributed by atoms with Crippen molar-refractivity contribution in [2.45, 2.75) is 77.2 Å². The van der Waals surface area contributed by atoms with E-state index in [1.54, 1.807) is 36.7 Å². The van der Waals surface area contributed by atoms with Crippen molar-refractivity contribution >= 4 is 29.1 Å². The van der Waals surface area contributed by atoms with Gasteiger partial charge < -0.3 is 15.4 Å². The average Bonchev–Trinajstić information content (AvgIpc) is 3.30. The van der Waals surface area contributed by atoms with E-state index in [0.29, 0.717) is 28.6 Å².